The first-order valence-corrected chi connectivity index (χ1v) is 12.2. The summed E-state index contributed by atoms with van der Waals surface area (Å²) in [6.45, 7) is 2.50. The maximum Gasteiger partial charge on any atom is 0.255 e. The number of hydrogen-bond donors (Lipinski definition) is 1. The normalized spacial score (nSPS) is 13.8. The number of nitrogens with zero attached hydrogens (tertiary/aromatic N) is 3. The third kappa shape index (κ3) is 4.60. The average molecular weight is 475 g/mol. The van der Waals surface area contributed by atoms with Crippen molar-refractivity contribution in [2.24, 2.45) is 0 Å². The highest BCUT2D eigenvalue weighted by Gasteiger charge is 2.17. The van der Waals surface area contributed by atoms with Crippen LogP contribution < -0.4 is 10.2 Å². The number of morpholine rings is 1. The van der Waals surface area contributed by atoms with E-state index in [1.54, 1.807) is 12.3 Å². The highest BCUT2D eigenvalue weighted by Crippen LogP contribution is 2.33. The zero-order valence-electron chi connectivity index (χ0n) is 18.6. The van der Waals surface area contributed by atoms with Crippen molar-refractivity contribution in [3.8, 4) is 11.3 Å². The van der Waals surface area contributed by atoms with Crippen molar-refractivity contribution in [3.63, 3.8) is 0 Å². The highest BCUT2D eigenvalue weighted by molar-refractivity contribution is 7.98. The Morgan fingerprint density at radius 2 is 1.85 bits per heavy atom. The van der Waals surface area contributed by atoms with E-state index in [4.69, 9.17) is 4.74 Å². The van der Waals surface area contributed by atoms with Crippen molar-refractivity contribution in [3.05, 3.63) is 78.2 Å². The van der Waals surface area contributed by atoms with E-state index in [1.165, 1.54) is 23.9 Å². The molecule has 1 aliphatic heterocycles. The second-order valence-corrected chi connectivity index (χ2v) is 8.66. The van der Waals surface area contributed by atoms with Crippen molar-refractivity contribution >= 4 is 39.8 Å². The fraction of sp³-hybridized carbons (Fsp3) is 0.192. The minimum Gasteiger partial charge on any atom is -0.378 e. The van der Waals surface area contributed by atoms with Gasteiger partial charge in [0, 0.05) is 47.2 Å². The predicted molar refractivity (Wildman–Crippen MR) is 134 cm³/mol. The number of fused-ring (bicyclic) bond motifs is 1. The number of rotatable bonds is 5. The van der Waals surface area contributed by atoms with Gasteiger partial charge in [0.1, 0.15) is 5.82 Å². The Morgan fingerprint density at radius 3 is 2.65 bits per heavy atom. The smallest absolute Gasteiger partial charge is 0.255 e. The number of aromatic nitrogens is 2. The number of nitrogens with one attached hydrogen (secondary N) is 1. The number of amides is 1. The third-order valence-electron chi connectivity index (χ3n) is 5.79. The van der Waals surface area contributed by atoms with E-state index < -0.39 is 5.82 Å². The van der Waals surface area contributed by atoms with Gasteiger partial charge in [0.2, 0.25) is 0 Å². The van der Waals surface area contributed by atoms with Crippen LogP contribution in [-0.4, -0.2) is 48.4 Å². The lowest BCUT2D eigenvalue weighted by Gasteiger charge is -2.29. The van der Waals surface area contributed by atoms with Crippen LogP contribution in [0, 0.1) is 5.82 Å². The molecule has 0 unspecified atom stereocenters. The number of hydrogen-bond acceptors (Lipinski definition) is 6. The van der Waals surface area contributed by atoms with Crippen molar-refractivity contribution in [1.29, 1.82) is 0 Å². The number of ether oxygens (including phenoxy) is 1. The molecule has 0 aliphatic carbocycles. The molecule has 0 radical (unpaired) electrons. The number of halogens is 1. The molecule has 5 rings (SSSR count). The van der Waals surface area contributed by atoms with Crippen molar-refractivity contribution < 1.29 is 13.9 Å². The van der Waals surface area contributed by atoms with Gasteiger partial charge in [-0.25, -0.2) is 14.4 Å². The van der Waals surface area contributed by atoms with Crippen LogP contribution in [0.15, 0.2) is 72.0 Å². The second kappa shape index (κ2) is 9.79. The summed E-state index contributed by atoms with van der Waals surface area (Å²) in [5, 5.41) is 5.50. The summed E-state index contributed by atoms with van der Waals surface area (Å²) in [4.78, 5) is 24.0. The molecule has 1 saturated heterocycles. The lowest BCUT2D eigenvalue weighted by Crippen LogP contribution is -2.36. The van der Waals surface area contributed by atoms with Crippen LogP contribution in [-0.2, 0) is 4.74 Å². The molecule has 1 aliphatic rings. The number of carbonyl (C=O) groups is 1. The molecule has 8 heteroatoms. The molecule has 0 atom stereocenters. The van der Waals surface area contributed by atoms with Crippen molar-refractivity contribution in [2.45, 2.75) is 5.16 Å². The maximum absolute atomic E-state index is 14.4. The molecule has 6 nitrogen and oxygen atoms in total. The largest absolute Gasteiger partial charge is 0.378 e. The van der Waals surface area contributed by atoms with E-state index in [9.17, 15) is 9.18 Å². The van der Waals surface area contributed by atoms with Gasteiger partial charge in [0.15, 0.2) is 5.16 Å². The SMILES string of the molecule is CSc1nccc(-c2ccc(NC(=O)c3cc(F)cc(N4CCOCC4)c3)c3ccccc23)n1. The van der Waals surface area contributed by atoms with Gasteiger partial charge in [0.05, 0.1) is 18.9 Å². The fourth-order valence-electron chi connectivity index (χ4n) is 4.12. The van der Waals surface area contributed by atoms with E-state index in [0.29, 0.717) is 42.8 Å². The van der Waals surface area contributed by atoms with Gasteiger partial charge in [0.25, 0.3) is 5.91 Å². The van der Waals surface area contributed by atoms with Crippen molar-refractivity contribution in [2.75, 3.05) is 42.8 Å². The molecule has 34 heavy (non-hydrogen) atoms. The highest BCUT2D eigenvalue weighted by atomic mass is 32.2. The predicted octanol–water partition coefficient (Wildman–Crippen LogP) is 5.25. The number of anilines is 2. The van der Waals surface area contributed by atoms with E-state index >= 15 is 0 Å². The molecule has 0 saturated carbocycles. The van der Waals surface area contributed by atoms with Gasteiger partial charge in [-0.2, -0.15) is 0 Å². The summed E-state index contributed by atoms with van der Waals surface area (Å²) in [5.41, 5.74) is 3.37. The summed E-state index contributed by atoms with van der Waals surface area (Å²) in [6, 6.07) is 18.0. The molecule has 3 aromatic carbocycles. The molecule has 1 amide bonds. The standard InChI is InChI=1S/C26H23FN4O2S/c1-34-26-28-9-8-24(30-26)22-6-7-23(21-5-3-2-4-20(21)22)29-25(32)17-14-18(27)16-19(15-17)31-10-12-33-13-11-31/h2-9,14-16H,10-13H2,1H3,(H,29,32). The zero-order chi connectivity index (χ0) is 23.5. The van der Waals surface area contributed by atoms with Gasteiger partial charge < -0.3 is 15.0 Å². The van der Waals surface area contributed by atoms with E-state index in [-0.39, 0.29) is 11.5 Å². The van der Waals surface area contributed by atoms with Gasteiger partial charge in [-0.15, -0.1) is 0 Å². The van der Waals surface area contributed by atoms with E-state index in [2.05, 4.69) is 15.3 Å². The molecule has 2 heterocycles. The van der Waals surface area contributed by atoms with Gasteiger partial charge in [-0.3, -0.25) is 4.79 Å². The molecule has 1 fully saturated rings. The molecule has 1 N–H and O–H groups in total. The molecule has 1 aromatic heterocycles. The summed E-state index contributed by atoms with van der Waals surface area (Å²) >= 11 is 1.48. The Morgan fingerprint density at radius 1 is 1.06 bits per heavy atom. The Kier molecular flexibility index (Phi) is 6.42. The Labute approximate surface area is 201 Å². The van der Waals surface area contributed by atoms with Gasteiger partial charge in [-0.05, 0) is 42.0 Å². The first-order valence-electron chi connectivity index (χ1n) is 11.0. The van der Waals surface area contributed by atoms with Crippen LogP contribution in [0.2, 0.25) is 0 Å². The van der Waals surface area contributed by atoms with Crippen molar-refractivity contribution in [1.82, 2.24) is 9.97 Å². The van der Waals surface area contributed by atoms with Crippen LogP contribution in [0.3, 0.4) is 0 Å². The molecule has 172 valence electrons. The summed E-state index contributed by atoms with van der Waals surface area (Å²) in [5.74, 6) is -0.804. The minimum atomic E-state index is -0.442. The average Bonchev–Trinajstić information content (AvgIpc) is 2.89. The lowest BCUT2D eigenvalue weighted by atomic mass is 10.00. The summed E-state index contributed by atoms with van der Waals surface area (Å²) in [7, 11) is 0. The minimum absolute atomic E-state index is 0.273. The quantitative estimate of drug-likeness (QED) is 0.315. The summed E-state index contributed by atoms with van der Waals surface area (Å²) < 4.78 is 19.8. The molecule has 0 bridgehead atoms. The van der Waals surface area contributed by atoms with Crippen LogP contribution >= 0.6 is 11.8 Å². The van der Waals surface area contributed by atoms with E-state index in [1.807, 2.05) is 53.6 Å². The molecular weight excluding hydrogens is 451 g/mol. The number of carbonyl (C=O) groups excluding carboxylic acids is 1. The van der Waals surface area contributed by atoms with E-state index in [0.717, 1.165) is 22.0 Å². The first kappa shape index (κ1) is 22.3. The monoisotopic (exact) mass is 474 g/mol. The topological polar surface area (TPSA) is 67.4 Å². The van der Waals surface area contributed by atoms with Crippen LogP contribution in [0.5, 0.6) is 0 Å². The third-order valence-corrected chi connectivity index (χ3v) is 6.35. The van der Waals surface area contributed by atoms with Crippen LogP contribution in [0.25, 0.3) is 22.0 Å². The Bertz CT molecular complexity index is 1360. The molecule has 4 aromatic rings. The van der Waals surface area contributed by atoms with Crippen LogP contribution in [0.4, 0.5) is 15.8 Å². The molecule has 0 spiro atoms. The number of benzene rings is 3. The fourth-order valence-corrected chi connectivity index (χ4v) is 4.48. The second-order valence-electron chi connectivity index (χ2n) is 7.89. The molecular formula is C26H23FN4O2S. The maximum atomic E-state index is 14.4. The number of thioether (sulfide) groups is 1. The van der Waals surface area contributed by atoms with Gasteiger partial charge in [-0.1, -0.05) is 42.1 Å². The first-order chi connectivity index (χ1) is 16.6. The summed E-state index contributed by atoms with van der Waals surface area (Å²) in [6.07, 6.45) is 3.68. The zero-order valence-corrected chi connectivity index (χ0v) is 19.4. The lowest BCUT2D eigenvalue weighted by molar-refractivity contribution is 0.102. The van der Waals surface area contributed by atoms with Crippen LogP contribution in [0.1, 0.15) is 10.4 Å². The Balaban J connectivity index is 1.48. The Hall–Kier alpha value is -3.49. The van der Waals surface area contributed by atoms with Gasteiger partial charge >= 0.3 is 0 Å².